The Labute approximate surface area is 361 Å². The Hall–Kier alpha value is -7.89. The number of anilines is 4. The van der Waals surface area contributed by atoms with Crippen LogP contribution in [0.3, 0.4) is 0 Å². The summed E-state index contributed by atoms with van der Waals surface area (Å²) in [5, 5.41) is 8.34. The monoisotopic (exact) mass is 832 g/mol. The lowest BCUT2D eigenvalue weighted by Gasteiger charge is -2.23. The first kappa shape index (κ1) is 39.3. The van der Waals surface area contributed by atoms with Crippen molar-refractivity contribution in [1.82, 2.24) is 9.13 Å². The van der Waals surface area contributed by atoms with Crippen LogP contribution in [0.1, 0.15) is 43.0 Å². The second-order valence-electron chi connectivity index (χ2n) is 15.8. The number of hydrogen-bond acceptors (Lipinski definition) is 9. The fourth-order valence-corrected chi connectivity index (χ4v) is 8.81. The molecule has 0 saturated carbocycles. The van der Waals surface area contributed by atoms with Crippen LogP contribution in [0.15, 0.2) is 143 Å². The van der Waals surface area contributed by atoms with Crippen molar-refractivity contribution in [2.45, 2.75) is 12.8 Å². The number of pyridine rings is 2. The average Bonchev–Trinajstić information content (AvgIpc) is 3.30. The molecule has 2 heterocycles. The minimum absolute atomic E-state index is 0.0929. The molecule has 0 saturated heterocycles. The highest BCUT2D eigenvalue weighted by Crippen LogP contribution is 2.43. The third-order valence-electron chi connectivity index (χ3n) is 12.1. The van der Waals surface area contributed by atoms with E-state index in [1.54, 1.807) is 47.5 Å². The molecule has 310 valence electrons. The van der Waals surface area contributed by atoms with Crippen LogP contribution in [0.25, 0.3) is 44.1 Å². The molecule has 63 heavy (non-hydrogen) atoms. The summed E-state index contributed by atoms with van der Waals surface area (Å²) in [6, 6.07) is 41.0. The molecular formula is C52H40N4O7. The fraction of sp³-hybridized carbons (Fsp3) is 0.135. The molecule has 0 spiro atoms. The number of ether oxygens (including phenoxy) is 2. The first-order chi connectivity index (χ1) is 30.6. The molecule has 2 aromatic heterocycles. The number of nitrogens with zero attached hydrogens (tertiary/aromatic N) is 2. The molecule has 10 rings (SSSR count). The van der Waals surface area contributed by atoms with Crippen molar-refractivity contribution in [1.29, 1.82) is 0 Å². The van der Waals surface area contributed by atoms with Crippen LogP contribution in [0.5, 0.6) is 0 Å². The summed E-state index contributed by atoms with van der Waals surface area (Å²) in [6.07, 6.45) is 1.11. The molecule has 0 amide bonds. The minimum atomic E-state index is -0.444. The van der Waals surface area contributed by atoms with Crippen molar-refractivity contribution < 1.29 is 23.9 Å². The van der Waals surface area contributed by atoms with E-state index in [2.05, 4.69) is 10.6 Å². The molecular weight excluding hydrogens is 793 g/mol. The van der Waals surface area contributed by atoms with Crippen molar-refractivity contribution in [3.8, 4) is 22.3 Å². The second-order valence-corrected chi connectivity index (χ2v) is 15.8. The van der Waals surface area contributed by atoms with E-state index in [0.29, 0.717) is 64.1 Å². The number of aryl methyl sites for hydroxylation is 2. The Morgan fingerprint density at radius 1 is 0.508 bits per heavy atom. The van der Waals surface area contributed by atoms with E-state index in [-0.39, 0.29) is 35.9 Å². The first-order valence-corrected chi connectivity index (χ1v) is 20.7. The van der Waals surface area contributed by atoms with Crippen LogP contribution in [-0.2, 0) is 41.2 Å². The molecule has 8 aromatic rings. The van der Waals surface area contributed by atoms with Crippen molar-refractivity contribution in [2.75, 3.05) is 30.5 Å². The zero-order chi connectivity index (χ0) is 43.4. The highest BCUT2D eigenvalue weighted by molar-refractivity contribution is 6.29. The van der Waals surface area contributed by atoms with Gasteiger partial charge in [0, 0.05) is 65.9 Å². The smallest absolute Gasteiger partial charge is 0.332 e. The van der Waals surface area contributed by atoms with Gasteiger partial charge in [0.25, 0.3) is 11.1 Å². The Kier molecular flexibility index (Phi) is 9.88. The third-order valence-corrected chi connectivity index (χ3v) is 12.1. The van der Waals surface area contributed by atoms with Gasteiger partial charge in [0.2, 0.25) is 0 Å². The van der Waals surface area contributed by atoms with E-state index in [4.69, 9.17) is 9.47 Å². The normalized spacial score (nSPS) is 12.3. The van der Waals surface area contributed by atoms with Gasteiger partial charge in [0.1, 0.15) is 6.61 Å². The number of nitrogens with one attached hydrogen (secondary N) is 2. The molecule has 0 radical (unpaired) electrons. The van der Waals surface area contributed by atoms with Crippen LogP contribution in [0.2, 0.25) is 0 Å². The highest BCUT2D eigenvalue weighted by Gasteiger charge is 2.30. The molecule has 11 heteroatoms. The summed E-state index contributed by atoms with van der Waals surface area (Å²) < 4.78 is 14.2. The van der Waals surface area contributed by atoms with Gasteiger partial charge >= 0.3 is 5.97 Å². The number of aromatic nitrogens is 2. The molecule has 0 bridgehead atoms. The van der Waals surface area contributed by atoms with Crippen molar-refractivity contribution in [3.63, 3.8) is 0 Å². The predicted octanol–water partition coefficient (Wildman–Crippen LogP) is 8.65. The Balaban J connectivity index is 0.713. The van der Waals surface area contributed by atoms with E-state index in [1.165, 1.54) is 0 Å². The van der Waals surface area contributed by atoms with E-state index < -0.39 is 5.97 Å². The first-order valence-electron chi connectivity index (χ1n) is 20.7. The summed E-state index contributed by atoms with van der Waals surface area (Å²) >= 11 is 0. The SMILES string of the molecule is Cn1c(=O)cc2c3c(c(Nc4ccc(CCOCC(=O)OCCc5ccc(Nc6ccc7c8c(cc(=O)n7C)-c7ccccc7C(=O)c68)cc5)cc4)ccc31)C(=O)c1ccccc1-2. The summed E-state index contributed by atoms with van der Waals surface area (Å²) in [4.78, 5) is 65.8. The second kappa shape index (κ2) is 15.9. The van der Waals surface area contributed by atoms with E-state index in [9.17, 15) is 24.0 Å². The molecule has 0 atom stereocenters. The predicted molar refractivity (Wildman–Crippen MR) is 245 cm³/mol. The maximum Gasteiger partial charge on any atom is 0.332 e. The van der Waals surface area contributed by atoms with Gasteiger partial charge in [-0.05, 0) is 88.3 Å². The number of fused-ring (bicyclic) bond motifs is 4. The summed E-state index contributed by atoms with van der Waals surface area (Å²) in [5.41, 5.74) is 11.2. The van der Waals surface area contributed by atoms with Crippen molar-refractivity contribution >= 4 is 62.1 Å². The number of ketones is 2. The number of benzene rings is 6. The number of esters is 1. The van der Waals surface area contributed by atoms with Crippen LogP contribution >= 0.6 is 0 Å². The standard InChI is InChI=1S/C52H40N4O7/c1-55-42-21-19-40(49-47(42)38(27-44(55)57)34-7-3-5-9-36(34)51(49)60)53-32-15-11-30(12-16-32)23-25-62-29-46(59)63-26-24-31-13-17-33(18-14-31)54-41-20-22-43-48-39(28-45(58)56(43)2)35-8-4-6-10-37(35)52(61)50(41)48/h3-22,27-28,53-54H,23-26,29H2,1-2H3. The van der Waals surface area contributed by atoms with Crippen LogP contribution < -0.4 is 21.8 Å². The Morgan fingerprint density at radius 2 is 0.937 bits per heavy atom. The molecule has 0 aliphatic heterocycles. The third kappa shape index (κ3) is 6.98. The van der Waals surface area contributed by atoms with E-state index >= 15 is 0 Å². The van der Waals surface area contributed by atoms with Gasteiger partial charge in [0.05, 0.1) is 46.7 Å². The lowest BCUT2D eigenvalue weighted by atomic mass is 9.83. The van der Waals surface area contributed by atoms with Gasteiger partial charge in [-0.3, -0.25) is 19.2 Å². The maximum absolute atomic E-state index is 13.8. The number of rotatable bonds is 12. The lowest BCUT2D eigenvalue weighted by Crippen LogP contribution is -2.21. The van der Waals surface area contributed by atoms with E-state index in [1.807, 2.05) is 109 Å². The highest BCUT2D eigenvalue weighted by atomic mass is 16.6. The summed E-state index contributed by atoms with van der Waals surface area (Å²) in [7, 11) is 3.43. The van der Waals surface area contributed by atoms with Gasteiger partial charge in [-0.25, -0.2) is 4.79 Å². The van der Waals surface area contributed by atoms with Gasteiger partial charge < -0.3 is 29.2 Å². The van der Waals surface area contributed by atoms with Crippen LogP contribution in [0.4, 0.5) is 22.7 Å². The van der Waals surface area contributed by atoms with Crippen LogP contribution in [-0.4, -0.2) is 46.5 Å². The van der Waals surface area contributed by atoms with Crippen molar-refractivity contribution in [2.24, 2.45) is 14.1 Å². The molecule has 11 nitrogen and oxygen atoms in total. The quantitative estimate of drug-likeness (QED) is 0.0916. The largest absolute Gasteiger partial charge is 0.464 e. The molecule has 2 aliphatic carbocycles. The minimum Gasteiger partial charge on any atom is -0.464 e. The topological polar surface area (TPSA) is 138 Å². The lowest BCUT2D eigenvalue weighted by molar-refractivity contribution is -0.148. The van der Waals surface area contributed by atoms with Crippen molar-refractivity contribution in [3.05, 3.63) is 188 Å². The van der Waals surface area contributed by atoms with Gasteiger partial charge in [-0.15, -0.1) is 0 Å². The molecule has 2 N–H and O–H groups in total. The fourth-order valence-electron chi connectivity index (χ4n) is 8.81. The van der Waals surface area contributed by atoms with E-state index in [0.717, 1.165) is 55.5 Å². The Bertz CT molecular complexity index is 3330. The summed E-state index contributed by atoms with van der Waals surface area (Å²) in [6.45, 7) is 0.367. The maximum atomic E-state index is 13.8. The average molecular weight is 833 g/mol. The summed E-state index contributed by atoms with van der Waals surface area (Å²) in [5.74, 6) is -0.634. The molecule has 0 unspecified atom stereocenters. The van der Waals surface area contributed by atoms with Gasteiger partial charge in [-0.1, -0.05) is 72.8 Å². The number of carbonyl (C=O) groups excluding carboxylic acids is 3. The molecule has 0 fully saturated rings. The Morgan fingerprint density at radius 3 is 1.40 bits per heavy atom. The molecule has 2 aliphatic rings. The number of carbonyl (C=O) groups is 3. The zero-order valence-electron chi connectivity index (χ0n) is 34.5. The zero-order valence-corrected chi connectivity index (χ0v) is 34.5. The van der Waals surface area contributed by atoms with Gasteiger partial charge in [0.15, 0.2) is 11.6 Å². The van der Waals surface area contributed by atoms with Crippen LogP contribution in [0, 0.1) is 0 Å². The molecule has 6 aromatic carbocycles. The van der Waals surface area contributed by atoms with Gasteiger partial charge in [-0.2, -0.15) is 0 Å². The number of hydrogen-bond donors (Lipinski definition) is 2.